The molecule has 0 aliphatic carbocycles. The third-order valence-corrected chi connectivity index (χ3v) is 7.25. The fourth-order valence-electron chi connectivity index (χ4n) is 4.89. The Bertz CT molecular complexity index is 1310. The molecule has 0 saturated carbocycles. The van der Waals surface area contributed by atoms with Gasteiger partial charge in [-0.15, -0.1) is 0 Å². The van der Waals surface area contributed by atoms with Gasteiger partial charge in [0.25, 0.3) is 11.8 Å². The molecule has 1 N–H and O–H groups in total. The largest absolute Gasteiger partial charge is 0.339 e. The Balaban J connectivity index is 1.51. The Morgan fingerprint density at radius 2 is 1.54 bits per heavy atom. The van der Waals surface area contributed by atoms with E-state index in [9.17, 15) is 14.4 Å². The van der Waals surface area contributed by atoms with E-state index >= 15 is 0 Å². The molecule has 4 rings (SSSR count). The van der Waals surface area contributed by atoms with Gasteiger partial charge in [0, 0.05) is 30.1 Å². The van der Waals surface area contributed by atoms with E-state index in [-0.39, 0.29) is 24.1 Å². The van der Waals surface area contributed by atoms with Crippen molar-refractivity contribution in [2.45, 2.75) is 33.1 Å². The third-order valence-electron chi connectivity index (χ3n) is 7.01. The molecule has 3 aromatic carbocycles. The van der Waals surface area contributed by atoms with Gasteiger partial charge in [0.05, 0.1) is 22.6 Å². The summed E-state index contributed by atoms with van der Waals surface area (Å²) >= 11 is 6.20. The number of benzene rings is 3. The molecule has 39 heavy (non-hydrogen) atoms. The molecule has 0 radical (unpaired) electrons. The second-order valence-corrected chi connectivity index (χ2v) is 9.94. The Kier molecular flexibility index (Phi) is 9.74. The van der Waals surface area contributed by atoms with Gasteiger partial charge in [0.2, 0.25) is 5.91 Å². The SMILES string of the molecule is CCN(CC)CCCN(CCCC(=O)N1c2ccc(Cl)cc2NC(=O)c2ccccc21)C(=O)c1ccccc1. The van der Waals surface area contributed by atoms with E-state index in [4.69, 9.17) is 11.6 Å². The van der Waals surface area contributed by atoms with E-state index in [1.165, 1.54) is 0 Å². The van der Waals surface area contributed by atoms with Crippen molar-refractivity contribution in [3.05, 3.63) is 88.9 Å². The number of rotatable bonds is 11. The van der Waals surface area contributed by atoms with Crippen molar-refractivity contribution < 1.29 is 14.4 Å². The molecule has 0 atom stereocenters. The predicted octanol–water partition coefficient (Wildman–Crippen LogP) is 6.22. The zero-order valence-electron chi connectivity index (χ0n) is 22.5. The minimum absolute atomic E-state index is 0.0301. The van der Waals surface area contributed by atoms with E-state index in [0.29, 0.717) is 52.7 Å². The number of anilines is 3. The monoisotopic (exact) mass is 546 g/mol. The van der Waals surface area contributed by atoms with Crippen LogP contribution < -0.4 is 10.2 Å². The fourth-order valence-corrected chi connectivity index (χ4v) is 5.06. The number of carbonyl (C=O) groups is 3. The van der Waals surface area contributed by atoms with Gasteiger partial charge in [-0.05, 0) is 74.9 Å². The second-order valence-electron chi connectivity index (χ2n) is 9.50. The smallest absolute Gasteiger partial charge is 0.257 e. The van der Waals surface area contributed by atoms with Crippen molar-refractivity contribution in [2.24, 2.45) is 0 Å². The van der Waals surface area contributed by atoms with E-state index < -0.39 is 0 Å². The molecule has 7 nitrogen and oxygen atoms in total. The maximum atomic E-state index is 13.7. The molecule has 3 amide bonds. The zero-order valence-corrected chi connectivity index (χ0v) is 23.3. The number of carbonyl (C=O) groups excluding carboxylic acids is 3. The van der Waals surface area contributed by atoms with Gasteiger partial charge in [-0.2, -0.15) is 0 Å². The van der Waals surface area contributed by atoms with E-state index in [1.54, 1.807) is 41.3 Å². The van der Waals surface area contributed by atoms with Crippen LogP contribution in [0.1, 0.15) is 53.8 Å². The summed E-state index contributed by atoms with van der Waals surface area (Å²) < 4.78 is 0. The first kappa shape index (κ1) is 28.3. The molecular formula is C31H35ClN4O3. The summed E-state index contributed by atoms with van der Waals surface area (Å²) in [6.45, 7) is 8.20. The molecule has 3 aromatic rings. The van der Waals surface area contributed by atoms with E-state index in [2.05, 4.69) is 24.1 Å². The lowest BCUT2D eigenvalue weighted by atomic mass is 10.1. The zero-order chi connectivity index (χ0) is 27.8. The van der Waals surface area contributed by atoms with Crippen LogP contribution >= 0.6 is 11.6 Å². The van der Waals surface area contributed by atoms with E-state index in [1.807, 2.05) is 41.3 Å². The number of para-hydroxylation sites is 1. The Labute approximate surface area is 235 Å². The van der Waals surface area contributed by atoms with E-state index in [0.717, 1.165) is 26.1 Å². The number of nitrogens with zero attached hydrogens (tertiary/aromatic N) is 3. The van der Waals surface area contributed by atoms with Crippen molar-refractivity contribution in [3.8, 4) is 0 Å². The summed E-state index contributed by atoms with van der Waals surface area (Å²) in [5, 5.41) is 3.34. The number of halogens is 1. The van der Waals surface area contributed by atoms with Crippen LogP contribution in [0.2, 0.25) is 5.02 Å². The van der Waals surface area contributed by atoms with Crippen LogP contribution in [-0.4, -0.2) is 60.2 Å². The maximum absolute atomic E-state index is 13.7. The minimum atomic E-state index is -0.294. The molecular weight excluding hydrogens is 512 g/mol. The van der Waals surface area contributed by atoms with Gasteiger partial charge in [-0.1, -0.05) is 55.8 Å². The van der Waals surface area contributed by atoms with Gasteiger partial charge < -0.3 is 15.1 Å². The first-order valence-electron chi connectivity index (χ1n) is 13.5. The fraction of sp³-hybridized carbons (Fsp3) is 0.323. The standard InChI is InChI=1S/C31H35ClN4O3/c1-3-34(4-2)19-11-21-35(31(39)23-12-6-5-7-13-23)20-10-16-29(37)36-27-15-9-8-14-25(27)30(38)33-26-22-24(32)17-18-28(26)36/h5-9,12-15,17-18,22H,3-4,10-11,16,19-21H2,1-2H3,(H,33,38). The number of amides is 3. The molecule has 0 spiro atoms. The minimum Gasteiger partial charge on any atom is -0.339 e. The highest BCUT2D eigenvalue weighted by molar-refractivity contribution is 6.31. The van der Waals surface area contributed by atoms with Gasteiger partial charge >= 0.3 is 0 Å². The summed E-state index contributed by atoms with van der Waals surface area (Å²) in [6.07, 6.45) is 1.56. The lowest BCUT2D eigenvalue weighted by molar-refractivity contribution is -0.118. The second kappa shape index (κ2) is 13.4. The van der Waals surface area contributed by atoms with Gasteiger partial charge in [0.15, 0.2) is 0 Å². The van der Waals surface area contributed by atoms with Crippen molar-refractivity contribution >= 4 is 46.4 Å². The Morgan fingerprint density at radius 3 is 2.28 bits per heavy atom. The average molecular weight is 547 g/mol. The average Bonchev–Trinajstić information content (AvgIpc) is 3.07. The molecule has 1 heterocycles. The van der Waals surface area contributed by atoms with Gasteiger partial charge in [-0.25, -0.2) is 0 Å². The predicted molar refractivity (Wildman–Crippen MR) is 157 cm³/mol. The summed E-state index contributed by atoms with van der Waals surface area (Å²) in [5.41, 5.74) is 2.63. The van der Waals surface area contributed by atoms with Crippen LogP contribution in [-0.2, 0) is 4.79 Å². The Hall–Kier alpha value is -3.68. The highest BCUT2D eigenvalue weighted by Gasteiger charge is 2.29. The molecule has 204 valence electrons. The lowest BCUT2D eigenvalue weighted by Gasteiger charge is -2.26. The molecule has 0 fully saturated rings. The molecule has 8 heteroatoms. The van der Waals surface area contributed by atoms with Crippen LogP contribution in [0.5, 0.6) is 0 Å². The van der Waals surface area contributed by atoms with Gasteiger partial charge in [-0.3, -0.25) is 19.3 Å². The third kappa shape index (κ3) is 6.85. The normalized spacial score (nSPS) is 12.4. The van der Waals surface area contributed by atoms with Crippen molar-refractivity contribution in [1.82, 2.24) is 9.80 Å². The maximum Gasteiger partial charge on any atom is 0.257 e. The van der Waals surface area contributed by atoms with Crippen LogP contribution in [0.3, 0.4) is 0 Å². The highest BCUT2D eigenvalue weighted by Crippen LogP contribution is 2.39. The summed E-state index contributed by atoms with van der Waals surface area (Å²) in [4.78, 5) is 45.7. The summed E-state index contributed by atoms with van der Waals surface area (Å²) in [7, 11) is 0. The number of hydrogen-bond donors (Lipinski definition) is 1. The molecule has 0 unspecified atom stereocenters. The Morgan fingerprint density at radius 1 is 0.846 bits per heavy atom. The topological polar surface area (TPSA) is 73.0 Å². The highest BCUT2D eigenvalue weighted by atomic mass is 35.5. The van der Waals surface area contributed by atoms with Crippen LogP contribution in [0.15, 0.2) is 72.8 Å². The van der Waals surface area contributed by atoms with Crippen molar-refractivity contribution in [1.29, 1.82) is 0 Å². The molecule has 1 aliphatic rings. The summed E-state index contributed by atoms with van der Waals surface area (Å²) in [5.74, 6) is -0.479. The van der Waals surface area contributed by atoms with Crippen LogP contribution in [0.4, 0.5) is 17.1 Å². The molecule has 0 bridgehead atoms. The molecule has 1 aliphatic heterocycles. The van der Waals surface area contributed by atoms with Crippen molar-refractivity contribution in [3.63, 3.8) is 0 Å². The first-order valence-corrected chi connectivity index (χ1v) is 13.9. The molecule has 0 aromatic heterocycles. The lowest BCUT2D eigenvalue weighted by Crippen LogP contribution is -2.36. The quantitative estimate of drug-likeness (QED) is 0.309. The molecule has 0 saturated heterocycles. The number of nitrogens with one attached hydrogen (secondary N) is 1. The van der Waals surface area contributed by atoms with Crippen LogP contribution in [0.25, 0.3) is 0 Å². The number of hydrogen-bond acceptors (Lipinski definition) is 4. The first-order chi connectivity index (χ1) is 18.9. The van der Waals surface area contributed by atoms with Crippen molar-refractivity contribution in [2.75, 3.05) is 42.9 Å². The summed E-state index contributed by atoms with van der Waals surface area (Å²) in [6, 6.07) is 21.4. The van der Waals surface area contributed by atoms with Crippen LogP contribution in [0, 0.1) is 0 Å². The van der Waals surface area contributed by atoms with Gasteiger partial charge in [0.1, 0.15) is 0 Å². The number of fused-ring (bicyclic) bond motifs is 2.